The lowest BCUT2D eigenvalue weighted by atomic mass is 10.2. The number of hydrogen-bond donors (Lipinski definition) is 0. The highest BCUT2D eigenvalue weighted by Gasteiger charge is 2.28. The number of nitro groups is 1. The normalized spacial score (nSPS) is 25.9. The molecule has 0 aromatic heterocycles. The van der Waals surface area contributed by atoms with Gasteiger partial charge in [0.2, 0.25) is 0 Å². The Morgan fingerprint density at radius 3 is 2.50 bits per heavy atom. The van der Waals surface area contributed by atoms with Crippen LogP contribution >= 0.6 is 0 Å². The molecule has 12 heavy (non-hydrogen) atoms. The molecule has 0 spiro atoms. The van der Waals surface area contributed by atoms with E-state index in [-0.39, 0.29) is 0 Å². The predicted octanol–water partition coefficient (Wildman–Crippen LogP) is 1.59. The van der Waals surface area contributed by atoms with Crippen LogP contribution in [0, 0.1) is 10.1 Å². The van der Waals surface area contributed by atoms with Gasteiger partial charge in [-0.2, -0.15) is 0 Å². The summed E-state index contributed by atoms with van der Waals surface area (Å²) >= 11 is 0. The fourth-order valence-corrected chi connectivity index (χ4v) is 0.637. The largest absolute Gasteiger partial charge is 0.282 e. The SMILES string of the molecule is CC.O=[N+]([O-])C1C=NC=CC1F. The van der Waals surface area contributed by atoms with E-state index in [2.05, 4.69) is 4.99 Å². The summed E-state index contributed by atoms with van der Waals surface area (Å²) in [6.45, 7) is 4.00. The maximum atomic E-state index is 12.5. The third kappa shape index (κ3) is 2.77. The monoisotopic (exact) mass is 174 g/mol. The van der Waals surface area contributed by atoms with Crippen LogP contribution in [0.15, 0.2) is 17.3 Å². The highest BCUT2D eigenvalue weighted by atomic mass is 19.1. The van der Waals surface area contributed by atoms with Gasteiger partial charge in [0.15, 0.2) is 6.17 Å². The zero-order valence-corrected chi connectivity index (χ0v) is 6.98. The van der Waals surface area contributed by atoms with Gasteiger partial charge in [0, 0.05) is 11.1 Å². The number of halogens is 1. The second kappa shape index (κ2) is 5.40. The van der Waals surface area contributed by atoms with Gasteiger partial charge in [-0.15, -0.1) is 0 Å². The Morgan fingerprint density at radius 2 is 2.17 bits per heavy atom. The van der Waals surface area contributed by atoms with Gasteiger partial charge in [0.1, 0.15) is 0 Å². The molecule has 68 valence electrons. The van der Waals surface area contributed by atoms with Crippen molar-refractivity contribution < 1.29 is 9.31 Å². The van der Waals surface area contributed by atoms with E-state index in [0.29, 0.717) is 0 Å². The van der Waals surface area contributed by atoms with E-state index in [4.69, 9.17) is 0 Å². The van der Waals surface area contributed by atoms with E-state index >= 15 is 0 Å². The molecule has 0 aromatic rings. The first-order chi connectivity index (χ1) is 5.72. The van der Waals surface area contributed by atoms with Crippen LogP contribution in [-0.2, 0) is 0 Å². The Kier molecular flexibility index (Phi) is 4.83. The molecule has 4 nitrogen and oxygen atoms in total. The second-order valence-electron chi connectivity index (χ2n) is 1.86. The maximum Gasteiger partial charge on any atom is 0.282 e. The van der Waals surface area contributed by atoms with Gasteiger partial charge in [-0.25, -0.2) is 4.39 Å². The molecule has 2 atom stereocenters. The molecule has 1 rings (SSSR count). The van der Waals surface area contributed by atoms with Gasteiger partial charge in [0.25, 0.3) is 6.04 Å². The van der Waals surface area contributed by atoms with Crippen molar-refractivity contribution in [3.63, 3.8) is 0 Å². The first-order valence-electron chi connectivity index (χ1n) is 3.69. The Labute approximate surface area is 70.0 Å². The van der Waals surface area contributed by atoms with Crippen LogP contribution in [-0.4, -0.2) is 23.4 Å². The molecule has 0 saturated carbocycles. The van der Waals surface area contributed by atoms with Crippen LogP contribution in [0.1, 0.15) is 13.8 Å². The van der Waals surface area contributed by atoms with Crippen molar-refractivity contribution in [1.29, 1.82) is 0 Å². The fourth-order valence-electron chi connectivity index (χ4n) is 0.637. The van der Waals surface area contributed by atoms with Crippen molar-refractivity contribution in [3.05, 3.63) is 22.4 Å². The van der Waals surface area contributed by atoms with Crippen molar-refractivity contribution in [3.8, 4) is 0 Å². The third-order valence-electron chi connectivity index (χ3n) is 1.16. The number of hydrogen-bond acceptors (Lipinski definition) is 3. The summed E-state index contributed by atoms with van der Waals surface area (Å²) in [4.78, 5) is 12.8. The molecule has 0 bridgehead atoms. The van der Waals surface area contributed by atoms with E-state index in [1.54, 1.807) is 0 Å². The molecular formula is C7H11FN2O2. The highest BCUT2D eigenvalue weighted by molar-refractivity contribution is 5.66. The fraction of sp³-hybridized carbons (Fsp3) is 0.571. The number of rotatable bonds is 1. The second-order valence-corrected chi connectivity index (χ2v) is 1.86. The van der Waals surface area contributed by atoms with Crippen molar-refractivity contribution in [2.24, 2.45) is 4.99 Å². The van der Waals surface area contributed by atoms with Crippen molar-refractivity contribution in [2.45, 2.75) is 26.1 Å². The lowest BCUT2D eigenvalue weighted by molar-refractivity contribution is -0.507. The van der Waals surface area contributed by atoms with E-state index in [1.165, 1.54) is 6.20 Å². The average molecular weight is 174 g/mol. The first-order valence-corrected chi connectivity index (χ1v) is 3.69. The molecule has 0 aliphatic carbocycles. The smallest absolute Gasteiger partial charge is 0.264 e. The van der Waals surface area contributed by atoms with E-state index < -0.39 is 17.1 Å². The molecule has 2 unspecified atom stereocenters. The Hall–Kier alpha value is -1.26. The van der Waals surface area contributed by atoms with Gasteiger partial charge in [0.05, 0.1) is 6.21 Å². The minimum Gasteiger partial charge on any atom is -0.264 e. The summed E-state index contributed by atoms with van der Waals surface area (Å²) in [6, 6.07) is -1.30. The predicted molar refractivity (Wildman–Crippen MR) is 44.7 cm³/mol. The molecule has 1 aliphatic heterocycles. The van der Waals surface area contributed by atoms with Crippen molar-refractivity contribution in [2.75, 3.05) is 0 Å². The molecule has 1 heterocycles. The van der Waals surface area contributed by atoms with Gasteiger partial charge >= 0.3 is 0 Å². The molecule has 0 fully saturated rings. The van der Waals surface area contributed by atoms with Crippen molar-refractivity contribution >= 4 is 6.21 Å². The number of alkyl halides is 1. The third-order valence-corrected chi connectivity index (χ3v) is 1.16. The summed E-state index contributed by atoms with van der Waals surface area (Å²) in [5, 5.41) is 10.0. The number of aliphatic imine (C=N–C) groups is 1. The van der Waals surface area contributed by atoms with Crippen LogP contribution in [0.2, 0.25) is 0 Å². The molecule has 0 saturated heterocycles. The molecule has 0 N–H and O–H groups in total. The van der Waals surface area contributed by atoms with Crippen LogP contribution in [0.25, 0.3) is 0 Å². The Bertz CT molecular complexity index is 204. The van der Waals surface area contributed by atoms with Gasteiger partial charge in [-0.1, -0.05) is 13.8 Å². The van der Waals surface area contributed by atoms with Crippen LogP contribution in [0.3, 0.4) is 0 Å². The van der Waals surface area contributed by atoms with E-state index in [9.17, 15) is 14.5 Å². The molecular weight excluding hydrogens is 163 g/mol. The van der Waals surface area contributed by atoms with E-state index in [0.717, 1.165) is 12.3 Å². The summed E-state index contributed by atoms with van der Waals surface area (Å²) in [5.74, 6) is 0. The topological polar surface area (TPSA) is 55.5 Å². The van der Waals surface area contributed by atoms with Crippen molar-refractivity contribution in [1.82, 2.24) is 0 Å². The Balaban J connectivity index is 0.000000561. The zero-order chi connectivity index (χ0) is 9.56. The van der Waals surface area contributed by atoms with Crippen LogP contribution in [0.5, 0.6) is 0 Å². The minimum absolute atomic E-state index is 0.697. The maximum absolute atomic E-state index is 12.5. The van der Waals surface area contributed by atoms with Crippen LogP contribution in [0.4, 0.5) is 4.39 Å². The quantitative estimate of drug-likeness (QED) is 0.447. The average Bonchev–Trinajstić information content (AvgIpc) is 2.08. The van der Waals surface area contributed by atoms with Gasteiger partial charge in [-0.05, 0) is 6.08 Å². The first kappa shape index (κ1) is 10.7. The molecule has 0 aromatic carbocycles. The molecule has 0 amide bonds. The Morgan fingerprint density at radius 1 is 1.58 bits per heavy atom. The van der Waals surface area contributed by atoms with Gasteiger partial charge < -0.3 is 0 Å². The number of nitrogens with zero attached hydrogens (tertiary/aromatic N) is 2. The lowest BCUT2D eigenvalue weighted by Crippen LogP contribution is -2.32. The summed E-state index contributed by atoms with van der Waals surface area (Å²) in [7, 11) is 0. The molecule has 1 aliphatic rings. The van der Waals surface area contributed by atoms with E-state index in [1.807, 2.05) is 13.8 Å². The summed E-state index contributed by atoms with van der Waals surface area (Å²) in [6.07, 6.45) is 1.73. The van der Waals surface area contributed by atoms with Gasteiger partial charge in [-0.3, -0.25) is 15.1 Å². The summed E-state index contributed by atoms with van der Waals surface area (Å²) in [5.41, 5.74) is 0. The minimum atomic E-state index is -1.53. The highest BCUT2D eigenvalue weighted by Crippen LogP contribution is 2.06. The standard InChI is InChI=1S/C5H5FN2O2.C2H6/c6-4-1-2-7-3-5(4)8(9)10;1-2/h1-5H;1-2H3. The zero-order valence-electron chi connectivity index (χ0n) is 6.98. The summed E-state index contributed by atoms with van der Waals surface area (Å²) < 4.78 is 12.5. The molecule has 5 heteroatoms. The lowest BCUT2D eigenvalue weighted by Gasteiger charge is -2.07. The van der Waals surface area contributed by atoms with Crippen LogP contribution < -0.4 is 0 Å². The molecule has 0 radical (unpaired) electrons.